The van der Waals surface area contributed by atoms with Crippen LogP contribution in [-0.4, -0.2) is 63.6 Å². The molecule has 0 bridgehead atoms. The number of ether oxygens (including phenoxy) is 1. The number of phenolic OH excluding ortho intramolecular Hbond substituents is 1. The first kappa shape index (κ1) is 39.0. The summed E-state index contributed by atoms with van der Waals surface area (Å²) in [5.41, 5.74) is 2.06. The molecular weight excluding hydrogens is 956 g/mol. The third-order valence-corrected chi connectivity index (χ3v) is 9.64. The average molecular weight is 987 g/mol. The molecule has 0 fully saturated rings. The van der Waals surface area contributed by atoms with E-state index in [1.54, 1.807) is 60.7 Å². The lowest BCUT2D eigenvalue weighted by molar-refractivity contribution is 0.0635. The highest BCUT2D eigenvalue weighted by Crippen LogP contribution is 2.27. The topological polar surface area (TPSA) is 104 Å². The summed E-state index contributed by atoms with van der Waals surface area (Å²) in [5, 5.41) is 9.83. The van der Waals surface area contributed by atoms with Gasteiger partial charge in [0.05, 0.1) is 28.9 Å². The number of nitrogens with zero attached hydrogens (tertiary/aromatic N) is 2. The van der Waals surface area contributed by atoms with Gasteiger partial charge in [-0.1, -0.05) is 104 Å². The molecule has 0 aromatic heterocycles. The smallest absolute Gasteiger partial charge is 0.261 e. The number of hydrogen-bond acceptors (Lipinski definition) is 6. The van der Waals surface area contributed by atoms with E-state index in [0.717, 1.165) is 48.2 Å². The van der Waals surface area contributed by atoms with Crippen molar-refractivity contribution in [2.75, 3.05) is 25.0 Å². The molecule has 0 spiro atoms. The number of unbranched alkanes of at least 4 members (excludes halogenated alkanes) is 2. The van der Waals surface area contributed by atoms with E-state index >= 15 is 0 Å². The minimum absolute atomic E-state index is 0.157. The predicted octanol–water partition coefficient (Wildman–Crippen LogP) is 10.0. The van der Waals surface area contributed by atoms with E-state index in [0.29, 0.717) is 48.4 Å². The molecule has 6 rings (SSSR count). The van der Waals surface area contributed by atoms with Gasteiger partial charge in [-0.3, -0.25) is 29.0 Å². The first-order valence-corrected chi connectivity index (χ1v) is 19.5. The Hall–Kier alpha value is -2.84. The Labute approximate surface area is 326 Å². The Balaban J connectivity index is 0.000000185. The van der Waals surface area contributed by atoms with Crippen LogP contribution in [0.4, 0.5) is 0 Å². The van der Waals surface area contributed by atoms with Crippen LogP contribution in [-0.2, 0) is 0 Å². The number of hydrogen-bond donors (Lipinski definition) is 1. The lowest BCUT2D eigenvalue weighted by Gasteiger charge is -2.13. The molecule has 13 heteroatoms. The van der Waals surface area contributed by atoms with Crippen molar-refractivity contribution in [3.63, 3.8) is 0 Å². The Morgan fingerprint density at radius 2 is 0.898 bits per heavy atom. The van der Waals surface area contributed by atoms with E-state index in [1.165, 1.54) is 9.80 Å². The molecule has 1 N–H and O–H groups in total. The van der Waals surface area contributed by atoms with Gasteiger partial charge >= 0.3 is 0 Å². The molecule has 0 atom stereocenters. The van der Waals surface area contributed by atoms with Crippen molar-refractivity contribution in [2.45, 2.75) is 25.7 Å². The number of rotatable bonds is 10. The summed E-state index contributed by atoms with van der Waals surface area (Å²) in [6, 6.07) is 24.8. The Morgan fingerprint density at radius 1 is 0.531 bits per heavy atom. The average Bonchev–Trinajstić information content (AvgIpc) is 3.44. The predicted molar refractivity (Wildman–Crippen MR) is 207 cm³/mol. The highest BCUT2D eigenvalue weighted by atomic mass is 79.9. The number of halogens is 5. The van der Waals surface area contributed by atoms with Crippen molar-refractivity contribution in [3.05, 3.63) is 125 Å². The van der Waals surface area contributed by atoms with Gasteiger partial charge in [0.2, 0.25) is 0 Å². The van der Waals surface area contributed by atoms with E-state index < -0.39 is 0 Å². The van der Waals surface area contributed by atoms with Crippen molar-refractivity contribution >= 4 is 103 Å². The summed E-state index contributed by atoms with van der Waals surface area (Å²) in [5.74, 6) is 0.318. The Morgan fingerprint density at radius 3 is 1.27 bits per heavy atom. The molecule has 2 aliphatic rings. The summed E-state index contributed by atoms with van der Waals surface area (Å²) in [4.78, 5) is 50.9. The van der Waals surface area contributed by atoms with E-state index in [-0.39, 0.29) is 29.4 Å². The zero-order chi connectivity index (χ0) is 35.5. The number of amides is 4. The number of benzene rings is 4. The van der Waals surface area contributed by atoms with Gasteiger partial charge in [-0.2, -0.15) is 0 Å². The van der Waals surface area contributed by atoms with Crippen LogP contribution in [0.2, 0.25) is 0 Å². The molecule has 8 nitrogen and oxygen atoms in total. The second-order valence-electron chi connectivity index (χ2n) is 10.8. The zero-order valence-corrected chi connectivity index (χ0v) is 33.9. The van der Waals surface area contributed by atoms with Gasteiger partial charge in [-0.05, 0) is 86.3 Å². The molecule has 0 saturated carbocycles. The highest BCUT2D eigenvalue weighted by Gasteiger charge is 2.35. The molecule has 4 aromatic carbocycles. The minimum atomic E-state index is -0.201. The first-order valence-electron chi connectivity index (χ1n) is 15.2. The number of carbonyl (C=O) groups excluding carboxylic acids is 4. The van der Waals surface area contributed by atoms with E-state index in [9.17, 15) is 19.2 Å². The van der Waals surface area contributed by atoms with Crippen LogP contribution in [0.3, 0.4) is 0 Å². The maximum Gasteiger partial charge on any atom is 0.261 e. The van der Waals surface area contributed by atoms with Crippen LogP contribution >= 0.6 is 79.6 Å². The van der Waals surface area contributed by atoms with Gasteiger partial charge in [-0.25, -0.2) is 0 Å². The lowest BCUT2D eigenvalue weighted by Crippen LogP contribution is -2.30. The van der Waals surface area contributed by atoms with Crippen LogP contribution in [0.5, 0.6) is 11.5 Å². The monoisotopic (exact) mass is 982 g/mol. The quantitative estimate of drug-likeness (QED) is 0.0965. The van der Waals surface area contributed by atoms with Crippen molar-refractivity contribution < 1.29 is 29.0 Å². The van der Waals surface area contributed by atoms with Gasteiger partial charge in [-0.15, -0.1) is 0 Å². The number of aromatic hydroxyl groups is 1. The van der Waals surface area contributed by atoms with E-state index in [4.69, 9.17) is 9.84 Å². The number of imide groups is 2. The molecule has 0 radical (unpaired) electrons. The third kappa shape index (κ3) is 10.8. The standard InChI is InChI=1S/C18H15Br2NO3.C12H12BrNO2.C6H4Br2O/c19-12-9-13(20)11-14(10-12)24-8-4-3-7-21-17(22)15-5-1-2-6-16(15)18(21)23;13-7-3-4-8-14-11(15)9-5-1-2-6-10(9)12(14)16;7-4-1-5(8)3-6(9)2-4/h1-2,5-6,9-11H,3-4,7-8H2;1-2,5-6H,3-4,7-8H2;1-3,9H. The van der Waals surface area contributed by atoms with Crippen LogP contribution in [0.15, 0.2) is 103 Å². The fourth-order valence-electron chi connectivity index (χ4n) is 4.96. The molecule has 49 heavy (non-hydrogen) atoms. The minimum Gasteiger partial charge on any atom is -0.508 e. The molecule has 256 valence electrons. The first-order chi connectivity index (χ1) is 23.5. The van der Waals surface area contributed by atoms with Crippen molar-refractivity contribution in [1.29, 1.82) is 0 Å². The molecule has 4 amide bonds. The summed E-state index contributed by atoms with van der Waals surface area (Å²) in [7, 11) is 0. The summed E-state index contributed by atoms with van der Waals surface area (Å²) in [6.07, 6.45) is 3.28. The molecular formula is C36H31Br5N2O6. The number of alkyl halides is 1. The summed E-state index contributed by atoms with van der Waals surface area (Å²) < 4.78 is 9.32. The summed E-state index contributed by atoms with van der Waals surface area (Å²) >= 11 is 16.6. The lowest BCUT2D eigenvalue weighted by atomic mass is 10.1. The second-order valence-corrected chi connectivity index (χ2v) is 15.3. The van der Waals surface area contributed by atoms with Crippen LogP contribution in [0, 0.1) is 0 Å². The van der Waals surface area contributed by atoms with Crippen molar-refractivity contribution in [2.24, 2.45) is 0 Å². The largest absolute Gasteiger partial charge is 0.508 e. The van der Waals surface area contributed by atoms with E-state index in [1.807, 2.05) is 24.3 Å². The summed E-state index contributed by atoms with van der Waals surface area (Å²) in [6.45, 7) is 1.46. The van der Waals surface area contributed by atoms with Crippen LogP contribution < -0.4 is 4.74 Å². The zero-order valence-electron chi connectivity index (χ0n) is 26.0. The highest BCUT2D eigenvalue weighted by molar-refractivity contribution is 9.11. The third-order valence-electron chi connectivity index (χ3n) is 7.25. The van der Waals surface area contributed by atoms with Gasteiger partial charge in [0.1, 0.15) is 11.5 Å². The molecule has 2 aliphatic heterocycles. The van der Waals surface area contributed by atoms with E-state index in [2.05, 4.69) is 79.6 Å². The van der Waals surface area contributed by atoms with Crippen molar-refractivity contribution in [1.82, 2.24) is 9.80 Å². The fraction of sp³-hybridized carbons (Fsp3) is 0.222. The van der Waals surface area contributed by atoms with Gasteiger partial charge in [0.25, 0.3) is 23.6 Å². The Kier molecular flexibility index (Phi) is 15.1. The SMILES string of the molecule is O=C1c2ccccc2C(=O)N1CCCCBr.O=C1c2ccccc2C(=O)N1CCCCOc1cc(Br)cc(Br)c1.Oc1cc(Br)cc(Br)c1. The van der Waals surface area contributed by atoms with Crippen molar-refractivity contribution in [3.8, 4) is 11.5 Å². The van der Waals surface area contributed by atoms with Gasteiger partial charge in [0, 0.05) is 36.3 Å². The Bertz CT molecular complexity index is 1690. The normalized spacial score (nSPS) is 13.0. The van der Waals surface area contributed by atoms with Gasteiger partial charge in [0.15, 0.2) is 0 Å². The fourth-order valence-corrected chi connectivity index (χ4v) is 7.88. The number of fused-ring (bicyclic) bond motifs is 2. The molecule has 2 heterocycles. The number of carbonyl (C=O) groups is 4. The second kappa shape index (κ2) is 19.0. The number of phenols is 1. The maximum absolute atomic E-state index is 12.2. The molecule has 4 aromatic rings. The molecule has 0 aliphatic carbocycles. The molecule has 0 saturated heterocycles. The van der Waals surface area contributed by atoms with Crippen LogP contribution in [0.1, 0.15) is 67.1 Å². The maximum atomic E-state index is 12.2. The van der Waals surface area contributed by atoms with Gasteiger partial charge < -0.3 is 9.84 Å². The van der Waals surface area contributed by atoms with Crippen LogP contribution in [0.25, 0.3) is 0 Å². The molecule has 0 unspecified atom stereocenters.